The molecule has 2 N–H and O–H groups in total. The summed E-state index contributed by atoms with van der Waals surface area (Å²) in [5.41, 5.74) is 0.941. The van der Waals surface area contributed by atoms with E-state index in [-0.39, 0.29) is 22.5 Å². The Kier molecular flexibility index (Phi) is 7.23. The first-order chi connectivity index (χ1) is 13.8. The highest BCUT2D eigenvalue weighted by atomic mass is 35.5. The van der Waals surface area contributed by atoms with Crippen molar-refractivity contribution in [3.05, 3.63) is 51.1 Å². The lowest BCUT2D eigenvalue weighted by Crippen LogP contribution is -2.45. The molecule has 9 heteroatoms. The number of carbonyl (C=O) groups excluding carboxylic acids is 2. The van der Waals surface area contributed by atoms with Crippen LogP contribution in [0.1, 0.15) is 32.5 Å². The Morgan fingerprint density at radius 1 is 1.28 bits per heavy atom. The van der Waals surface area contributed by atoms with Crippen molar-refractivity contribution in [2.24, 2.45) is 0 Å². The molecule has 1 unspecified atom stereocenters. The summed E-state index contributed by atoms with van der Waals surface area (Å²) in [5.74, 6) is -1.14. The number of nitrogens with zero attached hydrogens (tertiary/aromatic N) is 1. The lowest BCUT2D eigenvalue weighted by Gasteiger charge is -2.29. The summed E-state index contributed by atoms with van der Waals surface area (Å²) >= 11 is 7.13. The van der Waals surface area contributed by atoms with Crippen molar-refractivity contribution in [1.29, 1.82) is 0 Å². The molecule has 0 radical (unpaired) electrons. The average molecular weight is 440 g/mol. The van der Waals surface area contributed by atoms with Crippen LogP contribution in [-0.4, -0.2) is 55.6 Å². The quantitative estimate of drug-likeness (QED) is 0.722. The van der Waals surface area contributed by atoms with Gasteiger partial charge in [0, 0.05) is 25.7 Å². The second kappa shape index (κ2) is 9.67. The topological polar surface area (TPSA) is 70.7 Å². The van der Waals surface area contributed by atoms with E-state index < -0.39 is 11.7 Å². The van der Waals surface area contributed by atoms with E-state index in [1.54, 1.807) is 6.07 Å². The molecule has 0 spiro atoms. The number of carbonyl (C=O) groups is 2. The zero-order chi connectivity index (χ0) is 21.0. The molecular formula is C20H23ClFN3O3S. The second-order valence-corrected chi connectivity index (χ2v) is 8.45. The number of rotatable bonds is 6. The van der Waals surface area contributed by atoms with Gasteiger partial charge in [0.15, 0.2) is 0 Å². The Morgan fingerprint density at radius 3 is 2.69 bits per heavy atom. The Morgan fingerprint density at radius 2 is 2.00 bits per heavy atom. The number of amides is 2. The molecular weight excluding hydrogens is 417 g/mol. The minimum atomic E-state index is -0.510. The number of ether oxygens (including phenoxy) is 1. The fourth-order valence-electron chi connectivity index (χ4n) is 3.13. The van der Waals surface area contributed by atoms with Crippen molar-refractivity contribution in [2.45, 2.75) is 19.9 Å². The summed E-state index contributed by atoms with van der Waals surface area (Å²) in [5, 5.41) is 6.30. The van der Waals surface area contributed by atoms with Gasteiger partial charge in [-0.2, -0.15) is 0 Å². The van der Waals surface area contributed by atoms with Gasteiger partial charge in [-0.05, 0) is 43.7 Å². The zero-order valence-corrected chi connectivity index (χ0v) is 17.8. The highest BCUT2D eigenvalue weighted by Gasteiger charge is 2.20. The van der Waals surface area contributed by atoms with Gasteiger partial charge < -0.3 is 15.4 Å². The summed E-state index contributed by atoms with van der Waals surface area (Å²) in [6.07, 6.45) is 0. The maximum absolute atomic E-state index is 13.2. The molecule has 0 aliphatic carbocycles. The van der Waals surface area contributed by atoms with Crippen molar-refractivity contribution in [1.82, 2.24) is 10.2 Å². The number of morpholine rings is 1. The maximum atomic E-state index is 13.2. The number of benzene rings is 1. The van der Waals surface area contributed by atoms with Crippen molar-refractivity contribution < 1.29 is 18.7 Å². The van der Waals surface area contributed by atoms with E-state index in [1.807, 2.05) is 13.8 Å². The standard InChI is InChI=1S/C20H23ClFN3O3S/c1-12-9-17(24-19(26)15-4-3-14(22)10-16(15)21)29-18(12)20(27)23-13(2)11-25-5-7-28-8-6-25/h3-4,9-10,13H,5-8,11H2,1-2H3,(H,23,27)(H,24,26). The molecule has 1 aromatic carbocycles. The molecule has 2 heterocycles. The van der Waals surface area contributed by atoms with Crippen LogP contribution in [0.25, 0.3) is 0 Å². The highest BCUT2D eigenvalue weighted by molar-refractivity contribution is 7.18. The van der Waals surface area contributed by atoms with Crippen LogP contribution in [0, 0.1) is 12.7 Å². The van der Waals surface area contributed by atoms with Gasteiger partial charge in [0.1, 0.15) is 5.82 Å². The van der Waals surface area contributed by atoms with Crippen LogP contribution in [-0.2, 0) is 4.74 Å². The summed E-state index contributed by atoms with van der Waals surface area (Å²) in [7, 11) is 0. The summed E-state index contributed by atoms with van der Waals surface area (Å²) in [6, 6.07) is 5.31. The van der Waals surface area contributed by atoms with Crippen LogP contribution in [0.4, 0.5) is 9.39 Å². The summed E-state index contributed by atoms with van der Waals surface area (Å²) in [4.78, 5) is 27.9. The third kappa shape index (κ3) is 5.76. The van der Waals surface area contributed by atoms with Crippen LogP contribution in [0.15, 0.2) is 24.3 Å². The van der Waals surface area contributed by atoms with Crippen molar-refractivity contribution in [3.8, 4) is 0 Å². The predicted octanol–water partition coefficient (Wildman–Crippen LogP) is 3.55. The molecule has 2 amide bonds. The van der Waals surface area contributed by atoms with E-state index in [0.29, 0.717) is 23.1 Å². The van der Waals surface area contributed by atoms with Crippen molar-refractivity contribution in [2.75, 3.05) is 38.2 Å². The molecule has 0 saturated carbocycles. The van der Waals surface area contributed by atoms with Crippen LogP contribution >= 0.6 is 22.9 Å². The molecule has 1 aliphatic rings. The lowest BCUT2D eigenvalue weighted by molar-refractivity contribution is 0.0342. The number of halogens is 2. The molecule has 29 heavy (non-hydrogen) atoms. The van der Waals surface area contributed by atoms with Gasteiger partial charge in [0.05, 0.1) is 33.7 Å². The van der Waals surface area contributed by atoms with Crippen LogP contribution in [0.5, 0.6) is 0 Å². The number of nitrogens with one attached hydrogen (secondary N) is 2. The largest absolute Gasteiger partial charge is 0.379 e. The molecule has 1 aromatic heterocycles. The third-order valence-corrected chi connectivity index (χ3v) is 6.01. The van der Waals surface area contributed by atoms with Gasteiger partial charge in [0.25, 0.3) is 11.8 Å². The van der Waals surface area contributed by atoms with Crippen molar-refractivity contribution >= 4 is 39.8 Å². The first-order valence-electron chi connectivity index (χ1n) is 9.31. The van der Waals surface area contributed by atoms with Crippen LogP contribution in [0.2, 0.25) is 5.02 Å². The van der Waals surface area contributed by atoms with Gasteiger partial charge in [-0.25, -0.2) is 4.39 Å². The van der Waals surface area contributed by atoms with E-state index in [9.17, 15) is 14.0 Å². The molecule has 1 atom stereocenters. The Hall–Kier alpha value is -2.00. The number of hydrogen-bond acceptors (Lipinski definition) is 5. The van der Waals surface area contributed by atoms with E-state index in [1.165, 1.54) is 23.5 Å². The Bertz CT molecular complexity index is 899. The smallest absolute Gasteiger partial charge is 0.261 e. The molecule has 1 saturated heterocycles. The average Bonchev–Trinajstić information content (AvgIpc) is 3.02. The highest BCUT2D eigenvalue weighted by Crippen LogP contribution is 2.28. The minimum Gasteiger partial charge on any atom is -0.379 e. The number of aryl methyl sites for hydroxylation is 1. The fraction of sp³-hybridized carbons (Fsp3) is 0.400. The van der Waals surface area contributed by atoms with Gasteiger partial charge in [-0.3, -0.25) is 14.5 Å². The SMILES string of the molecule is Cc1cc(NC(=O)c2ccc(F)cc2Cl)sc1C(=O)NC(C)CN1CCOCC1. The summed E-state index contributed by atoms with van der Waals surface area (Å²) in [6.45, 7) is 7.69. The van der Waals surface area contributed by atoms with Crippen molar-refractivity contribution in [3.63, 3.8) is 0 Å². The molecule has 0 bridgehead atoms. The third-order valence-electron chi connectivity index (χ3n) is 4.55. The summed E-state index contributed by atoms with van der Waals surface area (Å²) < 4.78 is 18.5. The van der Waals surface area contributed by atoms with E-state index in [2.05, 4.69) is 15.5 Å². The normalized spacial score (nSPS) is 15.7. The minimum absolute atomic E-state index is 0.0156. The van der Waals surface area contributed by atoms with Gasteiger partial charge in [-0.1, -0.05) is 11.6 Å². The number of anilines is 1. The first-order valence-corrected chi connectivity index (χ1v) is 10.5. The van der Waals surface area contributed by atoms with Crippen LogP contribution in [0.3, 0.4) is 0 Å². The lowest BCUT2D eigenvalue weighted by atomic mass is 10.2. The number of hydrogen-bond donors (Lipinski definition) is 2. The first kappa shape index (κ1) is 21.7. The van der Waals surface area contributed by atoms with Gasteiger partial charge in [-0.15, -0.1) is 11.3 Å². The van der Waals surface area contributed by atoms with E-state index >= 15 is 0 Å². The second-order valence-electron chi connectivity index (χ2n) is 6.99. The molecule has 1 aliphatic heterocycles. The molecule has 3 rings (SSSR count). The molecule has 156 valence electrons. The number of thiophene rings is 1. The Balaban J connectivity index is 1.61. The monoisotopic (exact) mass is 439 g/mol. The molecule has 1 fully saturated rings. The fourth-order valence-corrected chi connectivity index (χ4v) is 4.35. The Labute approximate surface area is 178 Å². The predicted molar refractivity (Wildman–Crippen MR) is 113 cm³/mol. The van der Waals surface area contributed by atoms with Gasteiger partial charge in [0.2, 0.25) is 0 Å². The van der Waals surface area contributed by atoms with Gasteiger partial charge >= 0.3 is 0 Å². The maximum Gasteiger partial charge on any atom is 0.261 e. The van der Waals surface area contributed by atoms with E-state index in [4.69, 9.17) is 16.3 Å². The van der Waals surface area contributed by atoms with E-state index in [0.717, 1.165) is 31.3 Å². The van der Waals surface area contributed by atoms with Crippen LogP contribution < -0.4 is 10.6 Å². The molecule has 2 aromatic rings. The molecule has 6 nitrogen and oxygen atoms in total. The zero-order valence-electron chi connectivity index (χ0n) is 16.3.